The van der Waals surface area contributed by atoms with Crippen molar-refractivity contribution < 1.29 is 9.90 Å². The number of terminal acetylenes is 1. The number of carboxylic acids is 1. The molecular formula is C10H11N3O2. The number of nitrogens with zero attached hydrogens (tertiary/aromatic N) is 3. The fraction of sp³-hybridized carbons (Fsp3) is 0.300. The minimum Gasteiger partial charge on any atom is -0.476 e. The molecule has 0 aromatic carbocycles. The Kier molecular flexibility index (Phi) is 3.63. The number of aromatic nitrogens is 2. The smallest absolute Gasteiger partial charge is 0.356 e. The van der Waals surface area contributed by atoms with Gasteiger partial charge in [-0.3, -0.25) is 0 Å². The summed E-state index contributed by atoms with van der Waals surface area (Å²) in [6.45, 7) is 0.664. The zero-order valence-electron chi connectivity index (χ0n) is 8.34. The largest absolute Gasteiger partial charge is 0.476 e. The molecule has 5 heteroatoms. The van der Waals surface area contributed by atoms with Crippen molar-refractivity contribution in [2.75, 3.05) is 18.5 Å². The summed E-state index contributed by atoms with van der Waals surface area (Å²) in [5.41, 5.74) is -0.0656. The molecule has 0 fully saturated rings. The molecule has 0 radical (unpaired) electrons. The second-order valence-electron chi connectivity index (χ2n) is 2.94. The Labute approximate surface area is 87.8 Å². The number of carboxylic acid groups (broad SMARTS) is 1. The Morgan fingerprint density at radius 2 is 2.33 bits per heavy atom. The topological polar surface area (TPSA) is 66.3 Å². The average Bonchev–Trinajstić information content (AvgIpc) is 2.26. The van der Waals surface area contributed by atoms with Crippen LogP contribution in [0.25, 0.3) is 0 Å². The molecule has 1 heterocycles. The molecule has 0 amide bonds. The summed E-state index contributed by atoms with van der Waals surface area (Å²) in [7, 11) is 1.82. The molecule has 0 saturated heterocycles. The summed E-state index contributed by atoms with van der Waals surface area (Å²) >= 11 is 0. The van der Waals surface area contributed by atoms with E-state index in [1.165, 1.54) is 12.4 Å². The third-order valence-corrected chi connectivity index (χ3v) is 1.84. The van der Waals surface area contributed by atoms with Crippen molar-refractivity contribution in [1.82, 2.24) is 9.97 Å². The van der Waals surface area contributed by atoms with E-state index >= 15 is 0 Å². The van der Waals surface area contributed by atoms with Gasteiger partial charge in [-0.25, -0.2) is 14.8 Å². The normalized spacial score (nSPS) is 9.33. The Bertz CT molecular complexity index is 381. The van der Waals surface area contributed by atoms with Crippen LogP contribution in [0.2, 0.25) is 0 Å². The van der Waals surface area contributed by atoms with Crippen molar-refractivity contribution in [2.45, 2.75) is 6.42 Å². The molecule has 0 atom stereocenters. The van der Waals surface area contributed by atoms with Gasteiger partial charge in [-0.05, 0) is 0 Å². The lowest BCUT2D eigenvalue weighted by Gasteiger charge is -2.15. The minimum absolute atomic E-state index is 0.0656. The van der Waals surface area contributed by atoms with Gasteiger partial charge >= 0.3 is 5.97 Å². The van der Waals surface area contributed by atoms with Crippen LogP contribution in [0.5, 0.6) is 0 Å². The highest BCUT2D eigenvalue weighted by atomic mass is 16.4. The van der Waals surface area contributed by atoms with E-state index < -0.39 is 5.97 Å². The van der Waals surface area contributed by atoms with Crippen molar-refractivity contribution in [3.8, 4) is 12.3 Å². The summed E-state index contributed by atoms with van der Waals surface area (Å²) in [6, 6.07) is 0. The molecule has 0 bridgehead atoms. The van der Waals surface area contributed by atoms with E-state index in [1.807, 2.05) is 11.9 Å². The van der Waals surface area contributed by atoms with Gasteiger partial charge in [0.2, 0.25) is 0 Å². The fourth-order valence-corrected chi connectivity index (χ4v) is 0.976. The molecule has 1 aromatic heterocycles. The molecule has 0 aliphatic rings. The molecule has 78 valence electrons. The van der Waals surface area contributed by atoms with Crippen LogP contribution < -0.4 is 4.90 Å². The second-order valence-corrected chi connectivity index (χ2v) is 2.94. The van der Waals surface area contributed by atoms with Crippen LogP contribution in [0.1, 0.15) is 16.9 Å². The van der Waals surface area contributed by atoms with Gasteiger partial charge < -0.3 is 10.0 Å². The maximum absolute atomic E-state index is 10.5. The van der Waals surface area contributed by atoms with Crippen LogP contribution in [0.3, 0.4) is 0 Å². The van der Waals surface area contributed by atoms with E-state index in [0.717, 1.165) is 0 Å². The maximum Gasteiger partial charge on any atom is 0.356 e. The lowest BCUT2D eigenvalue weighted by atomic mass is 10.4. The molecule has 1 aromatic rings. The first-order chi connectivity index (χ1) is 7.15. The summed E-state index contributed by atoms with van der Waals surface area (Å²) in [4.78, 5) is 20.0. The second kappa shape index (κ2) is 4.96. The summed E-state index contributed by atoms with van der Waals surface area (Å²) in [6.07, 6.45) is 8.38. The van der Waals surface area contributed by atoms with E-state index in [2.05, 4.69) is 15.9 Å². The first kappa shape index (κ1) is 11.0. The standard InChI is InChI=1S/C10H11N3O2/c1-3-4-5-13(2)9-7-11-8(6-12-9)10(14)15/h1,6-7H,4-5H2,2H3,(H,14,15). The predicted molar refractivity (Wildman–Crippen MR) is 55.7 cm³/mol. The van der Waals surface area contributed by atoms with Gasteiger partial charge in [0.1, 0.15) is 5.82 Å². The molecule has 1 rings (SSSR count). The van der Waals surface area contributed by atoms with E-state index in [4.69, 9.17) is 11.5 Å². The highest BCUT2D eigenvalue weighted by molar-refractivity contribution is 5.84. The van der Waals surface area contributed by atoms with Gasteiger partial charge in [0.15, 0.2) is 5.69 Å². The lowest BCUT2D eigenvalue weighted by molar-refractivity contribution is 0.0690. The molecule has 0 saturated carbocycles. The molecule has 0 aliphatic carbocycles. The Hall–Kier alpha value is -2.09. The number of aromatic carboxylic acids is 1. The van der Waals surface area contributed by atoms with Gasteiger partial charge in [-0.15, -0.1) is 12.3 Å². The Balaban J connectivity index is 2.71. The number of hydrogen-bond acceptors (Lipinski definition) is 4. The predicted octanol–water partition coefficient (Wildman–Crippen LogP) is 0.634. The van der Waals surface area contributed by atoms with Gasteiger partial charge in [0, 0.05) is 20.0 Å². The quantitative estimate of drug-likeness (QED) is 0.730. The molecule has 0 aliphatic heterocycles. The summed E-state index contributed by atoms with van der Waals surface area (Å²) < 4.78 is 0. The van der Waals surface area contributed by atoms with Crippen LogP contribution in [0.15, 0.2) is 12.4 Å². The van der Waals surface area contributed by atoms with Crippen molar-refractivity contribution in [3.05, 3.63) is 18.1 Å². The van der Waals surface area contributed by atoms with Gasteiger partial charge in [-0.1, -0.05) is 0 Å². The third kappa shape index (κ3) is 2.95. The summed E-state index contributed by atoms with van der Waals surface area (Å²) in [5.74, 6) is 2.04. The minimum atomic E-state index is -1.08. The lowest BCUT2D eigenvalue weighted by Crippen LogP contribution is -2.19. The zero-order valence-corrected chi connectivity index (χ0v) is 8.34. The maximum atomic E-state index is 10.5. The highest BCUT2D eigenvalue weighted by Gasteiger charge is 2.06. The van der Waals surface area contributed by atoms with Crippen LogP contribution in [-0.2, 0) is 0 Å². The number of rotatable bonds is 4. The number of anilines is 1. The van der Waals surface area contributed by atoms with E-state index in [9.17, 15) is 4.79 Å². The Morgan fingerprint density at radius 3 is 2.80 bits per heavy atom. The monoisotopic (exact) mass is 205 g/mol. The fourth-order valence-electron chi connectivity index (χ4n) is 0.976. The first-order valence-electron chi connectivity index (χ1n) is 4.35. The Morgan fingerprint density at radius 1 is 1.60 bits per heavy atom. The SMILES string of the molecule is C#CCCN(C)c1cnc(C(=O)O)cn1. The molecule has 0 spiro atoms. The van der Waals surface area contributed by atoms with E-state index in [1.54, 1.807) is 0 Å². The van der Waals surface area contributed by atoms with E-state index in [-0.39, 0.29) is 5.69 Å². The number of carbonyl (C=O) groups is 1. The van der Waals surface area contributed by atoms with Gasteiger partial charge in [0.05, 0.1) is 12.4 Å². The van der Waals surface area contributed by atoms with Crippen molar-refractivity contribution in [2.24, 2.45) is 0 Å². The van der Waals surface area contributed by atoms with Crippen molar-refractivity contribution in [3.63, 3.8) is 0 Å². The molecular weight excluding hydrogens is 194 g/mol. The zero-order chi connectivity index (χ0) is 11.3. The van der Waals surface area contributed by atoms with Gasteiger partial charge in [-0.2, -0.15) is 0 Å². The number of hydrogen-bond donors (Lipinski definition) is 1. The molecule has 1 N–H and O–H groups in total. The van der Waals surface area contributed by atoms with Crippen LogP contribution in [0, 0.1) is 12.3 Å². The van der Waals surface area contributed by atoms with Crippen LogP contribution in [0.4, 0.5) is 5.82 Å². The van der Waals surface area contributed by atoms with Crippen LogP contribution in [-0.4, -0.2) is 34.6 Å². The third-order valence-electron chi connectivity index (χ3n) is 1.84. The molecule has 5 nitrogen and oxygen atoms in total. The first-order valence-corrected chi connectivity index (χ1v) is 4.35. The molecule has 0 unspecified atom stereocenters. The van der Waals surface area contributed by atoms with E-state index in [0.29, 0.717) is 18.8 Å². The highest BCUT2D eigenvalue weighted by Crippen LogP contribution is 2.06. The van der Waals surface area contributed by atoms with Crippen molar-refractivity contribution in [1.29, 1.82) is 0 Å². The average molecular weight is 205 g/mol. The summed E-state index contributed by atoms with van der Waals surface area (Å²) in [5, 5.41) is 8.61. The van der Waals surface area contributed by atoms with Gasteiger partial charge in [0.25, 0.3) is 0 Å². The van der Waals surface area contributed by atoms with Crippen molar-refractivity contribution >= 4 is 11.8 Å². The van der Waals surface area contributed by atoms with Crippen LogP contribution >= 0.6 is 0 Å². The molecule has 15 heavy (non-hydrogen) atoms.